The number of amidine groups is 1. The number of nitrogens with zero attached hydrogens (tertiary/aromatic N) is 1. The number of aliphatic hydroxyl groups is 2. The number of aliphatic hydroxyl groups excluding tert-OH is 1. The molecule has 0 spiro atoms. The van der Waals surface area contributed by atoms with E-state index in [0.29, 0.717) is 5.56 Å². The van der Waals surface area contributed by atoms with Crippen molar-refractivity contribution in [3.8, 4) is 0 Å². The molecule has 4 N–H and O–H groups in total. The van der Waals surface area contributed by atoms with Gasteiger partial charge in [-0.1, -0.05) is 30.3 Å². The Bertz CT molecular complexity index is 270. The Morgan fingerprint density at radius 2 is 1.83 bits per heavy atom. The van der Waals surface area contributed by atoms with Crippen molar-refractivity contribution in [2.24, 2.45) is 10.7 Å². The first-order chi connectivity index (χ1) is 5.70. The van der Waals surface area contributed by atoms with E-state index in [9.17, 15) is 0 Å². The van der Waals surface area contributed by atoms with Crippen molar-refractivity contribution in [2.75, 3.05) is 0 Å². The van der Waals surface area contributed by atoms with Crippen LogP contribution in [0.3, 0.4) is 0 Å². The molecule has 0 aliphatic carbocycles. The second kappa shape index (κ2) is 3.85. The largest absolute Gasteiger partial charge is 0.383 e. The average molecular weight is 166 g/mol. The molecule has 0 heterocycles. The van der Waals surface area contributed by atoms with Gasteiger partial charge in [-0.2, -0.15) is 0 Å². The molecule has 0 aliphatic rings. The van der Waals surface area contributed by atoms with Gasteiger partial charge in [0.1, 0.15) is 5.84 Å². The molecule has 1 aromatic carbocycles. The van der Waals surface area contributed by atoms with Crippen molar-refractivity contribution in [1.29, 1.82) is 0 Å². The molecular formula is C8H10N2O2. The molecule has 12 heavy (non-hydrogen) atoms. The second-order valence-corrected chi connectivity index (χ2v) is 2.23. The van der Waals surface area contributed by atoms with Crippen LogP contribution in [0.25, 0.3) is 0 Å². The van der Waals surface area contributed by atoms with Gasteiger partial charge in [0.25, 0.3) is 6.41 Å². The first-order valence-electron chi connectivity index (χ1n) is 3.45. The first-order valence-corrected chi connectivity index (χ1v) is 3.45. The maximum Gasteiger partial charge on any atom is 0.255 e. The highest BCUT2D eigenvalue weighted by Gasteiger charge is 1.98. The molecule has 0 atom stereocenters. The molecule has 0 amide bonds. The summed E-state index contributed by atoms with van der Waals surface area (Å²) in [7, 11) is 0. The van der Waals surface area contributed by atoms with Crippen molar-refractivity contribution in [3.63, 3.8) is 0 Å². The van der Waals surface area contributed by atoms with Gasteiger partial charge >= 0.3 is 0 Å². The van der Waals surface area contributed by atoms with Gasteiger partial charge in [-0.25, -0.2) is 4.99 Å². The molecule has 0 saturated carbocycles. The van der Waals surface area contributed by atoms with E-state index < -0.39 is 6.41 Å². The third-order valence-corrected chi connectivity index (χ3v) is 1.32. The van der Waals surface area contributed by atoms with Crippen molar-refractivity contribution in [1.82, 2.24) is 0 Å². The van der Waals surface area contributed by atoms with E-state index in [1.165, 1.54) is 0 Å². The van der Waals surface area contributed by atoms with Crippen LogP contribution in [0.2, 0.25) is 0 Å². The molecule has 4 nitrogen and oxygen atoms in total. The predicted octanol–water partition coefficient (Wildman–Crippen LogP) is -0.340. The van der Waals surface area contributed by atoms with Crippen molar-refractivity contribution in [2.45, 2.75) is 6.41 Å². The van der Waals surface area contributed by atoms with Crippen LogP contribution in [-0.4, -0.2) is 22.5 Å². The lowest BCUT2D eigenvalue weighted by molar-refractivity contribution is -0.0310. The van der Waals surface area contributed by atoms with Gasteiger partial charge in [-0.3, -0.25) is 0 Å². The molecule has 0 aliphatic heterocycles. The predicted molar refractivity (Wildman–Crippen MR) is 45.4 cm³/mol. The van der Waals surface area contributed by atoms with Crippen LogP contribution in [0, 0.1) is 0 Å². The normalized spacial score (nSPS) is 12.1. The van der Waals surface area contributed by atoms with E-state index in [-0.39, 0.29) is 5.84 Å². The summed E-state index contributed by atoms with van der Waals surface area (Å²) in [5.41, 5.74) is 6.10. The molecule has 1 rings (SSSR count). The standard InChI is InChI=1S/C8H10N2O2/c9-7(10-8(11)12)6-4-2-1-3-5-6/h1-5,8,11-12H,(H2,9,10). The lowest BCUT2D eigenvalue weighted by Gasteiger charge is -2.00. The Kier molecular flexibility index (Phi) is 2.79. The topological polar surface area (TPSA) is 78.8 Å². The zero-order valence-electron chi connectivity index (χ0n) is 6.38. The lowest BCUT2D eigenvalue weighted by atomic mass is 10.2. The molecular weight excluding hydrogens is 156 g/mol. The molecule has 4 heteroatoms. The van der Waals surface area contributed by atoms with E-state index in [4.69, 9.17) is 15.9 Å². The maximum absolute atomic E-state index is 8.47. The van der Waals surface area contributed by atoms with Crippen LogP contribution in [0.15, 0.2) is 35.3 Å². The molecule has 0 fully saturated rings. The van der Waals surface area contributed by atoms with Crippen molar-refractivity contribution in [3.05, 3.63) is 35.9 Å². The van der Waals surface area contributed by atoms with Crippen LogP contribution in [0.5, 0.6) is 0 Å². The Morgan fingerprint density at radius 3 is 2.33 bits per heavy atom. The third-order valence-electron chi connectivity index (χ3n) is 1.32. The summed E-state index contributed by atoms with van der Waals surface area (Å²) in [5.74, 6) is 0.116. The molecule has 1 aromatic rings. The summed E-state index contributed by atoms with van der Waals surface area (Å²) < 4.78 is 0. The number of aliphatic imine (C=N–C) groups is 1. The zero-order valence-corrected chi connectivity index (χ0v) is 6.38. The minimum absolute atomic E-state index is 0.116. The summed E-state index contributed by atoms with van der Waals surface area (Å²) in [4.78, 5) is 3.35. The van der Waals surface area contributed by atoms with E-state index >= 15 is 0 Å². The van der Waals surface area contributed by atoms with E-state index in [1.54, 1.807) is 24.3 Å². The zero-order chi connectivity index (χ0) is 8.97. The average Bonchev–Trinajstić information content (AvgIpc) is 2.05. The van der Waals surface area contributed by atoms with Crippen molar-refractivity contribution < 1.29 is 10.2 Å². The van der Waals surface area contributed by atoms with Crippen LogP contribution >= 0.6 is 0 Å². The Hall–Kier alpha value is -1.39. The molecule has 0 aromatic heterocycles. The summed E-state index contributed by atoms with van der Waals surface area (Å²) in [6.45, 7) is 0. The Morgan fingerprint density at radius 1 is 1.25 bits per heavy atom. The maximum atomic E-state index is 8.47. The fourth-order valence-corrected chi connectivity index (χ4v) is 0.808. The lowest BCUT2D eigenvalue weighted by Crippen LogP contribution is -2.17. The summed E-state index contributed by atoms with van der Waals surface area (Å²) >= 11 is 0. The minimum atomic E-state index is -1.75. The SMILES string of the molecule is N/C(=N\C(O)O)c1ccccc1. The summed E-state index contributed by atoms with van der Waals surface area (Å²) in [6, 6.07) is 8.90. The van der Waals surface area contributed by atoms with Crippen LogP contribution in [-0.2, 0) is 0 Å². The quantitative estimate of drug-likeness (QED) is 0.319. The Labute approximate surface area is 70.0 Å². The summed E-state index contributed by atoms with van der Waals surface area (Å²) in [6.07, 6.45) is -1.75. The van der Waals surface area contributed by atoms with Gasteiger partial charge in [-0.05, 0) is 0 Å². The monoisotopic (exact) mass is 166 g/mol. The van der Waals surface area contributed by atoms with Gasteiger partial charge < -0.3 is 15.9 Å². The summed E-state index contributed by atoms with van der Waals surface area (Å²) in [5, 5.41) is 16.9. The second-order valence-electron chi connectivity index (χ2n) is 2.23. The first kappa shape index (κ1) is 8.70. The van der Waals surface area contributed by atoms with Gasteiger partial charge in [-0.15, -0.1) is 0 Å². The minimum Gasteiger partial charge on any atom is -0.383 e. The van der Waals surface area contributed by atoms with Gasteiger partial charge in [0.05, 0.1) is 0 Å². The molecule has 0 unspecified atom stereocenters. The van der Waals surface area contributed by atoms with E-state index in [2.05, 4.69) is 4.99 Å². The number of rotatable bonds is 2. The highest BCUT2D eigenvalue weighted by atomic mass is 16.5. The molecule has 0 bridgehead atoms. The molecule has 0 radical (unpaired) electrons. The van der Waals surface area contributed by atoms with Gasteiger partial charge in [0, 0.05) is 5.56 Å². The number of benzene rings is 1. The van der Waals surface area contributed by atoms with Crippen LogP contribution in [0.1, 0.15) is 5.56 Å². The molecule has 0 saturated heterocycles. The fraction of sp³-hybridized carbons (Fsp3) is 0.125. The van der Waals surface area contributed by atoms with Gasteiger partial charge in [0.2, 0.25) is 0 Å². The van der Waals surface area contributed by atoms with E-state index in [0.717, 1.165) is 0 Å². The number of hydrogen-bond acceptors (Lipinski definition) is 3. The van der Waals surface area contributed by atoms with Crippen molar-refractivity contribution >= 4 is 5.84 Å². The smallest absolute Gasteiger partial charge is 0.255 e. The van der Waals surface area contributed by atoms with Gasteiger partial charge in [0.15, 0.2) is 0 Å². The van der Waals surface area contributed by atoms with Crippen LogP contribution in [0.4, 0.5) is 0 Å². The highest BCUT2D eigenvalue weighted by Crippen LogP contribution is 1.97. The highest BCUT2D eigenvalue weighted by molar-refractivity contribution is 5.97. The number of hydrogen-bond donors (Lipinski definition) is 3. The fourth-order valence-electron chi connectivity index (χ4n) is 0.808. The molecule has 64 valence electrons. The number of nitrogens with two attached hydrogens (primary N) is 1. The van der Waals surface area contributed by atoms with Crippen LogP contribution < -0.4 is 5.73 Å². The third kappa shape index (κ3) is 2.34. The van der Waals surface area contributed by atoms with E-state index in [1.807, 2.05) is 6.07 Å². The Balaban J connectivity index is 2.85.